The molecule has 5 rings (SSSR count). The lowest BCUT2D eigenvalue weighted by Gasteiger charge is -2.31. The highest BCUT2D eigenvalue weighted by Gasteiger charge is 2.43. The quantitative estimate of drug-likeness (QED) is 0.212. The van der Waals surface area contributed by atoms with E-state index in [4.69, 9.17) is 4.74 Å². The Morgan fingerprint density at radius 2 is 1.81 bits per heavy atom. The number of aliphatic hydroxyl groups is 1. The third-order valence-corrected chi connectivity index (χ3v) is 10.2. The van der Waals surface area contributed by atoms with Crippen molar-refractivity contribution in [3.63, 3.8) is 0 Å². The minimum atomic E-state index is -4.75. The van der Waals surface area contributed by atoms with Gasteiger partial charge >= 0.3 is 12.3 Å². The molecule has 0 spiro atoms. The number of thiazole rings is 1. The second-order valence-electron chi connectivity index (χ2n) is 11.6. The number of aromatic nitrogens is 1. The number of fused-ring (bicyclic) bond motifs is 1. The first-order chi connectivity index (χ1) is 22.2. The highest BCUT2D eigenvalue weighted by atomic mass is 32.2. The molecule has 47 heavy (non-hydrogen) atoms. The van der Waals surface area contributed by atoms with E-state index in [0.717, 1.165) is 22.6 Å². The summed E-state index contributed by atoms with van der Waals surface area (Å²) in [4.78, 5) is 31.1. The number of nitrogens with one attached hydrogen (secondary N) is 1. The maximum atomic E-state index is 13.9. The molecule has 0 radical (unpaired) electrons. The third-order valence-electron chi connectivity index (χ3n) is 7.60. The number of aliphatic hydroxyl groups excluding tert-OH is 1. The number of sulfonamides is 1. The van der Waals surface area contributed by atoms with Gasteiger partial charge in [-0.3, -0.25) is 9.69 Å². The van der Waals surface area contributed by atoms with Crippen LogP contribution in [0.25, 0.3) is 10.2 Å². The summed E-state index contributed by atoms with van der Waals surface area (Å²) in [5.41, 5.74) is 1.48. The molecule has 1 aromatic heterocycles. The highest BCUT2D eigenvalue weighted by molar-refractivity contribution is 7.89. The lowest BCUT2D eigenvalue weighted by Crippen LogP contribution is -2.53. The predicted octanol–water partition coefficient (Wildman–Crippen LogP) is 5.08. The molecule has 10 nitrogen and oxygen atoms in total. The molecule has 15 heteroatoms. The van der Waals surface area contributed by atoms with Gasteiger partial charge in [-0.2, -0.15) is 17.5 Å². The van der Waals surface area contributed by atoms with Crippen molar-refractivity contribution < 1.29 is 41.0 Å². The molecular weight excluding hydrogens is 658 g/mol. The Balaban J connectivity index is 1.38. The zero-order chi connectivity index (χ0) is 33.9. The van der Waals surface area contributed by atoms with Crippen molar-refractivity contribution in [3.05, 3.63) is 89.4 Å². The highest BCUT2D eigenvalue weighted by Crippen LogP contribution is 2.38. The fourth-order valence-electron chi connectivity index (χ4n) is 5.33. The normalized spacial score (nSPS) is 16.9. The van der Waals surface area contributed by atoms with Crippen molar-refractivity contribution in [1.82, 2.24) is 14.6 Å². The van der Waals surface area contributed by atoms with Crippen LogP contribution in [0.15, 0.2) is 83.2 Å². The van der Waals surface area contributed by atoms with Gasteiger partial charge in [-0.05, 0) is 48.2 Å². The zero-order valence-electron chi connectivity index (χ0n) is 25.4. The fraction of sp³-hybridized carbons (Fsp3) is 0.344. The van der Waals surface area contributed by atoms with Gasteiger partial charge in [0.1, 0.15) is 0 Å². The number of nitrogens with zero attached hydrogens (tertiary/aromatic N) is 3. The number of halogens is 3. The van der Waals surface area contributed by atoms with Gasteiger partial charge in [0.15, 0.2) is 6.10 Å². The maximum Gasteiger partial charge on any atom is 0.418 e. The molecule has 2 heterocycles. The first-order valence-electron chi connectivity index (χ1n) is 14.7. The lowest BCUT2D eigenvalue weighted by atomic mass is 10.0. The summed E-state index contributed by atoms with van der Waals surface area (Å²) >= 11 is 1.30. The molecule has 0 saturated carbocycles. The van der Waals surface area contributed by atoms with E-state index in [1.54, 1.807) is 41.9 Å². The molecular formula is C32H33F3N4O6S2. The molecule has 0 bridgehead atoms. The fourth-order valence-corrected chi connectivity index (χ4v) is 7.77. The largest absolute Gasteiger partial charge is 0.434 e. The van der Waals surface area contributed by atoms with E-state index in [9.17, 15) is 36.3 Å². The minimum absolute atomic E-state index is 0.0304. The second kappa shape index (κ2) is 14.0. The van der Waals surface area contributed by atoms with Gasteiger partial charge < -0.3 is 15.2 Å². The molecule has 0 unspecified atom stereocenters. The molecule has 3 atom stereocenters. The van der Waals surface area contributed by atoms with Gasteiger partial charge in [-0.1, -0.05) is 56.3 Å². The number of para-hydroxylation sites is 1. The van der Waals surface area contributed by atoms with Crippen LogP contribution in [0.1, 0.15) is 25.0 Å². The Bertz CT molecular complexity index is 1840. The van der Waals surface area contributed by atoms with Gasteiger partial charge in [0.2, 0.25) is 10.0 Å². The van der Waals surface area contributed by atoms with Crippen LogP contribution >= 0.6 is 11.3 Å². The van der Waals surface area contributed by atoms with Crippen LogP contribution in [0.5, 0.6) is 0 Å². The number of cyclic esters (lactones) is 1. The van der Waals surface area contributed by atoms with E-state index in [2.05, 4.69) is 10.3 Å². The first kappa shape index (κ1) is 34.3. The van der Waals surface area contributed by atoms with Crippen LogP contribution in [0.2, 0.25) is 0 Å². The molecule has 1 saturated heterocycles. The number of carbonyl (C=O) groups excluding carboxylic acids is 2. The monoisotopic (exact) mass is 690 g/mol. The molecule has 4 aromatic rings. The van der Waals surface area contributed by atoms with Crippen LogP contribution in [0, 0.1) is 5.92 Å². The van der Waals surface area contributed by atoms with E-state index >= 15 is 0 Å². The summed E-state index contributed by atoms with van der Waals surface area (Å²) in [6.45, 7) is 2.86. The maximum absolute atomic E-state index is 13.9. The third kappa shape index (κ3) is 7.92. The topological polar surface area (TPSA) is 129 Å². The van der Waals surface area contributed by atoms with E-state index < -0.39 is 64.2 Å². The molecule has 2 amide bonds. The standard InChI is InChI=1S/C32H33F3N4O6S2/c1-20(2)16-38(47(43,44)22-12-13-24-29(15-22)46-19-36-24)17-27(40)25(14-21-8-4-3-5-9-21)37-30(41)28-18-39(31(42)45-28)26-11-7-6-10-23(26)32(33,34)35/h3-13,15,19-20,25,27-28,40H,14,16-18H2,1-2H3,(H,37,41)/t25-,27+,28-/m0/s1. The molecule has 0 aliphatic carbocycles. The van der Waals surface area contributed by atoms with Gasteiger partial charge in [-0.15, -0.1) is 11.3 Å². The van der Waals surface area contributed by atoms with Crippen LogP contribution < -0.4 is 10.2 Å². The number of anilines is 1. The number of hydrogen-bond donors (Lipinski definition) is 2. The average molecular weight is 691 g/mol. The van der Waals surface area contributed by atoms with Crippen LogP contribution in [0.4, 0.5) is 23.7 Å². The molecule has 1 aliphatic rings. The zero-order valence-corrected chi connectivity index (χ0v) is 27.1. The SMILES string of the molecule is CC(C)CN(C[C@@H](O)[C@H](Cc1ccccc1)NC(=O)[C@@H]1CN(c2ccccc2C(F)(F)F)C(=O)O1)S(=O)(=O)c1ccc2ncsc2c1. The number of benzene rings is 3. The second-order valence-corrected chi connectivity index (χ2v) is 14.4. The summed E-state index contributed by atoms with van der Waals surface area (Å²) in [5.74, 6) is -0.964. The van der Waals surface area contributed by atoms with Crippen molar-refractivity contribution in [2.75, 3.05) is 24.5 Å². The molecule has 1 aliphatic heterocycles. The Morgan fingerprint density at radius 1 is 1.11 bits per heavy atom. The predicted molar refractivity (Wildman–Crippen MR) is 170 cm³/mol. The molecule has 1 fully saturated rings. The van der Waals surface area contributed by atoms with Crippen molar-refractivity contribution in [2.24, 2.45) is 5.92 Å². The number of amides is 2. The van der Waals surface area contributed by atoms with E-state index in [1.165, 1.54) is 39.9 Å². The Morgan fingerprint density at radius 3 is 2.51 bits per heavy atom. The van der Waals surface area contributed by atoms with E-state index in [0.29, 0.717) is 10.2 Å². The summed E-state index contributed by atoms with van der Waals surface area (Å²) in [6.07, 6.45) is -8.72. The van der Waals surface area contributed by atoms with E-state index in [1.807, 2.05) is 13.8 Å². The smallest absolute Gasteiger partial charge is 0.418 e. The van der Waals surface area contributed by atoms with Gasteiger partial charge in [0, 0.05) is 13.1 Å². The average Bonchev–Trinajstić information content (AvgIpc) is 3.66. The van der Waals surface area contributed by atoms with E-state index in [-0.39, 0.29) is 30.3 Å². The molecule has 3 aromatic carbocycles. The number of carbonyl (C=O) groups is 2. The Labute approximate surface area is 273 Å². The summed E-state index contributed by atoms with van der Waals surface area (Å²) in [7, 11) is -4.10. The van der Waals surface area contributed by atoms with Gasteiger partial charge in [0.25, 0.3) is 5.91 Å². The van der Waals surface area contributed by atoms with Crippen molar-refractivity contribution in [2.45, 2.75) is 49.6 Å². The van der Waals surface area contributed by atoms with Crippen molar-refractivity contribution in [1.29, 1.82) is 0 Å². The molecule has 250 valence electrons. The van der Waals surface area contributed by atoms with Crippen LogP contribution in [-0.4, -0.2) is 72.7 Å². The number of alkyl halides is 3. The van der Waals surface area contributed by atoms with Crippen molar-refractivity contribution >= 4 is 49.3 Å². The minimum Gasteiger partial charge on any atom is -0.434 e. The Hall–Kier alpha value is -4.05. The van der Waals surface area contributed by atoms with Gasteiger partial charge in [0.05, 0.1) is 50.6 Å². The molecule has 2 N–H and O–H groups in total. The number of hydrogen-bond acceptors (Lipinski definition) is 8. The lowest BCUT2D eigenvalue weighted by molar-refractivity contribution is -0.137. The van der Waals surface area contributed by atoms with Crippen molar-refractivity contribution in [3.8, 4) is 0 Å². The van der Waals surface area contributed by atoms with Crippen LogP contribution in [0.3, 0.4) is 0 Å². The summed E-state index contributed by atoms with van der Waals surface area (Å²) in [5, 5.41) is 14.2. The van der Waals surface area contributed by atoms with Crippen LogP contribution in [-0.2, 0) is 32.2 Å². The Kier molecular flexibility index (Phi) is 10.2. The van der Waals surface area contributed by atoms with Gasteiger partial charge in [-0.25, -0.2) is 18.2 Å². The number of rotatable bonds is 12. The number of ether oxygens (including phenoxy) is 1. The summed E-state index contributed by atoms with van der Waals surface area (Å²) < 4.78 is 75.7. The first-order valence-corrected chi connectivity index (χ1v) is 17.1. The summed E-state index contributed by atoms with van der Waals surface area (Å²) in [6, 6.07) is 16.9.